The minimum Gasteiger partial charge on any atom is -0.476 e. The molecule has 0 radical (unpaired) electrons. The largest absolute Gasteiger partial charge is 0.476 e. The molecule has 1 aliphatic rings. The minimum atomic E-state index is -2.79. The number of carboxylic acid groups (broad SMARTS) is 1. The van der Waals surface area contributed by atoms with E-state index in [9.17, 15) is 13.6 Å². The van der Waals surface area contributed by atoms with E-state index in [0.717, 1.165) is 0 Å². The fourth-order valence-electron chi connectivity index (χ4n) is 1.57. The van der Waals surface area contributed by atoms with E-state index in [0.29, 0.717) is 18.8 Å². The van der Waals surface area contributed by atoms with E-state index in [-0.39, 0.29) is 18.4 Å². The molecule has 0 saturated carbocycles. The second-order valence-electron chi connectivity index (χ2n) is 3.52. The highest BCUT2D eigenvalue weighted by atomic mass is 19.3. The highest BCUT2D eigenvalue weighted by Crippen LogP contribution is 2.24. The van der Waals surface area contributed by atoms with Crippen LogP contribution in [0.1, 0.15) is 16.9 Å². The Labute approximate surface area is 94.7 Å². The predicted molar refractivity (Wildman–Crippen MR) is 50.2 cm³/mol. The lowest BCUT2D eigenvalue weighted by Crippen LogP contribution is -2.18. The summed E-state index contributed by atoms with van der Waals surface area (Å²) < 4.78 is 34.3. The number of carboxylic acids is 1. The van der Waals surface area contributed by atoms with Gasteiger partial charge in [-0.05, 0) is 0 Å². The molecule has 17 heavy (non-hydrogen) atoms. The number of hydrogen-bond donors (Lipinski definition) is 1. The molecule has 2 rings (SSSR count). The van der Waals surface area contributed by atoms with Crippen molar-refractivity contribution >= 4 is 5.97 Å². The molecular weight excluding hydrogens is 238 g/mol. The Hall–Kier alpha value is -1.70. The number of carbonyl (C=O) groups is 1. The van der Waals surface area contributed by atoms with Crippen LogP contribution in [-0.4, -0.2) is 40.2 Å². The Morgan fingerprint density at radius 2 is 2.53 bits per heavy atom. The summed E-state index contributed by atoms with van der Waals surface area (Å²) in [5.74, 6) is -0.794. The predicted octanol–water partition coefficient (Wildman–Crippen LogP) is 0.972. The highest BCUT2D eigenvalue weighted by Gasteiger charge is 2.26. The van der Waals surface area contributed by atoms with E-state index in [1.54, 1.807) is 0 Å². The SMILES string of the molecule is O=C(O)c1cc2n(n1)CC(CCOC(F)F)O2. The average molecular weight is 248 g/mol. The van der Waals surface area contributed by atoms with Crippen molar-refractivity contribution in [3.8, 4) is 5.88 Å². The van der Waals surface area contributed by atoms with Crippen LogP contribution in [0, 0.1) is 0 Å². The quantitative estimate of drug-likeness (QED) is 0.840. The highest BCUT2D eigenvalue weighted by molar-refractivity contribution is 5.85. The number of hydrogen-bond acceptors (Lipinski definition) is 4. The lowest BCUT2D eigenvalue weighted by atomic mass is 10.3. The van der Waals surface area contributed by atoms with Crippen molar-refractivity contribution in [3.05, 3.63) is 11.8 Å². The Morgan fingerprint density at radius 1 is 1.76 bits per heavy atom. The van der Waals surface area contributed by atoms with Crippen molar-refractivity contribution in [1.29, 1.82) is 0 Å². The topological polar surface area (TPSA) is 73.6 Å². The van der Waals surface area contributed by atoms with Crippen molar-refractivity contribution in [1.82, 2.24) is 9.78 Å². The number of aromatic nitrogens is 2. The van der Waals surface area contributed by atoms with E-state index >= 15 is 0 Å². The first-order valence-corrected chi connectivity index (χ1v) is 4.94. The molecule has 1 aromatic rings. The summed E-state index contributed by atoms with van der Waals surface area (Å²) in [6, 6.07) is 1.30. The van der Waals surface area contributed by atoms with Crippen LogP contribution >= 0.6 is 0 Å². The van der Waals surface area contributed by atoms with Crippen LogP contribution in [0.25, 0.3) is 0 Å². The van der Waals surface area contributed by atoms with Gasteiger partial charge in [0.25, 0.3) is 0 Å². The average Bonchev–Trinajstić information content (AvgIpc) is 2.73. The number of rotatable bonds is 5. The number of ether oxygens (including phenoxy) is 2. The molecule has 1 atom stereocenters. The van der Waals surface area contributed by atoms with Crippen molar-refractivity contribution in [2.24, 2.45) is 0 Å². The molecule has 0 amide bonds. The van der Waals surface area contributed by atoms with Gasteiger partial charge in [0.05, 0.1) is 13.2 Å². The summed E-state index contributed by atoms with van der Waals surface area (Å²) in [5, 5.41) is 12.5. The Morgan fingerprint density at radius 3 is 3.12 bits per heavy atom. The van der Waals surface area contributed by atoms with Gasteiger partial charge in [-0.2, -0.15) is 13.9 Å². The first-order chi connectivity index (χ1) is 8.06. The lowest BCUT2D eigenvalue weighted by molar-refractivity contribution is -0.132. The summed E-state index contributed by atoms with van der Waals surface area (Å²) >= 11 is 0. The molecule has 94 valence electrons. The number of aromatic carboxylic acids is 1. The molecule has 1 N–H and O–H groups in total. The zero-order valence-electron chi connectivity index (χ0n) is 8.68. The summed E-state index contributed by atoms with van der Waals surface area (Å²) in [6.07, 6.45) is -0.00470. The van der Waals surface area contributed by atoms with E-state index in [2.05, 4.69) is 9.84 Å². The van der Waals surface area contributed by atoms with E-state index < -0.39 is 12.6 Å². The molecule has 1 aliphatic heterocycles. The third kappa shape index (κ3) is 2.70. The number of fused-ring (bicyclic) bond motifs is 1. The van der Waals surface area contributed by atoms with Gasteiger partial charge in [-0.15, -0.1) is 0 Å². The van der Waals surface area contributed by atoms with Gasteiger partial charge >= 0.3 is 12.6 Å². The fraction of sp³-hybridized carbons (Fsp3) is 0.556. The summed E-state index contributed by atoms with van der Waals surface area (Å²) in [6.45, 7) is -2.55. The smallest absolute Gasteiger partial charge is 0.356 e. The molecule has 2 heterocycles. The monoisotopic (exact) mass is 248 g/mol. The van der Waals surface area contributed by atoms with Gasteiger partial charge in [0.1, 0.15) is 6.10 Å². The van der Waals surface area contributed by atoms with Crippen molar-refractivity contribution < 1.29 is 28.2 Å². The molecular formula is C9H10F2N2O4. The normalized spacial score (nSPS) is 18.2. The van der Waals surface area contributed by atoms with Crippen molar-refractivity contribution in [3.63, 3.8) is 0 Å². The second kappa shape index (κ2) is 4.66. The first-order valence-electron chi connectivity index (χ1n) is 4.94. The maximum Gasteiger partial charge on any atom is 0.356 e. The van der Waals surface area contributed by atoms with Gasteiger partial charge in [0.2, 0.25) is 5.88 Å². The van der Waals surface area contributed by atoms with E-state index in [1.165, 1.54) is 10.7 Å². The number of alkyl halides is 2. The maximum absolute atomic E-state index is 11.7. The van der Waals surface area contributed by atoms with Crippen LogP contribution in [0.2, 0.25) is 0 Å². The lowest BCUT2D eigenvalue weighted by Gasteiger charge is -2.09. The molecule has 1 unspecified atom stereocenters. The third-order valence-electron chi connectivity index (χ3n) is 2.31. The van der Waals surface area contributed by atoms with Crippen LogP contribution in [0.5, 0.6) is 5.88 Å². The Bertz CT molecular complexity index is 398. The summed E-state index contributed by atoms with van der Waals surface area (Å²) in [4.78, 5) is 10.6. The van der Waals surface area contributed by atoms with Crippen LogP contribution < -0.4 is 4.74 Å². The molecule has 0 bridgehead atoms. The molecule has 0 fully saturated rings. The molecule has 6 nitrogen and oxygen atoms in total. The fourth-order valence-corrected chi connectivity index (χ4v) is 1.57. The summed E-state index contributed by atoms with van der Waals surface area (Å²) in [5.41, 5.74) is -0.0951. The second-order valence-corrected chi connectivity index (χ2v) is 3.52. The van der Waals surface area contributed by atoms with E-state index in [1.807, 2.05) is 0 Å². The summed E-state index contributed by atoms with van der Waals surface area (Å²) in [7, 11) is 0. The zero-order valence-corrected chi connectivity index (χ0v) is 8.68. The number of halogens is 2. The van der Waals surface area contributed by atoms with Crippen LogP contribution in [0.15, 0.2) is 6.07 Å². The molecule has 0 spiro atoms. The maximum atomic E-state index is 11.7. The standard InChI is InChI=1S/C9H10F2N2O4/c10-9(11)16-2-1-5-4-13-7(17-5)3-6(12-13)8(14)15/h3,5,9H,1-2,4H2,(H,14,15). The van der Waals surface area contributed by atoms with Gasteiger partial charge in [-0.25, -0.2) is 9.48 Å². The third-order valence-corrected chi connectivity index (χ3v) is 2.31. The van der Waals surface area contributed by atoms with Gasteiger partial charge < -0.3 is 14.6 Å². The Balaban J connectivity index is 1.85. The van der Waals surface area contributed by atoms with Gasteiger partial charge in [0.15, 0.2) is 5.69 Å². The zero-order chi connectivity index (χ0) is 12.4. The van der Waals surface area contributed by atoms with Crippen LogP contribution in [0.3, 0.4) is 0 Å². The van der Waals surface area contributed by atoms with Gasteiger partial charge in [-0.1, -0.05) is 0 Å². The molecule has 0 saturated heterocycles. The van der Waals surface area contributed by atoms with E-state index in [4.69, 9.17) is 9.84 Å². The van der Waals surface area contributed by atoms with Crippen molar-refractivity contribution in [2.45, 2.75) is 25.7 Å². The molecule has 1 aromatic heterocycles. The molecule has 0 aliphatic carbocycles. The number of nitrogens with zero attached hydrogens (tertiary/aromatic N) is 2. The van der Waals surface area contributed by atoms with Crippen LogP contribution in [-0.2, 0) is 11.3 Å². The first kappa shape index (κ1) is 11.8. The van der Waals surface area contributed by atoms with Crippen molar-refractivity contribution in [2.75, 3.05) is 6.61 Å². The minimum absolute atomic E-state index is 0.0951. The molecule has 8 heteroatoms. The Kier molecular flexibility index (Phi) is 3.23. The van der Waals surface area contributed by atoms with Crippen LogP contribution in [0.4, 0.5) is 8.78 Å². The van der Waals surface area contributed by atoms with Gasteiger partial charge in [0, 0.05) is 12.5 Å². The van der Waals surface area contributed by atoms with Gasteiger partial charge in [-0.3, -0.25) is 0 Å². The molecule has 0 aromatic carbocycles.